The third-order valence-electron chi connectivity index (χ3n) is 3.20. The second-order valence-corrected chi connectivity index (χ2v) is 5.12. The van der Waals surface area contributed by atoms with Crippen LogP contribution in [0.15, 0.2) is 24.3 Å². The fraction of sp³-hybridized carbons (Fsp3) is 0.600. The van der Waals surface area contributed by atoms with Crippen molar-refractivity contribution < 1.29 is 0 Å². The summed E-state index contributed by atoms with van der Waals surface area (Å²) in [7, 11) is 4.24. The van der Waals surface area contributed by atoms with Crippen LogP contribution in [0.5, 0.6) is 0 Å². The molecule has 2 N–H and O–H groups in total. The average Bonchev–Trinajstić information content (AvgIpc) is 2.34. The SMILES string of the molecule is CCN(CCCN(C)C)c1ccc([C@@H](C)N)cc1. The summed E-state index contributed by atoms with van der Waals surface area (Å²) in [5, 5.41) is 0. The van der Waals surface area contributed by atoms with E-state index >= 15 is 0 Å². The van der Waals surface area contributed by atoms with E-state index in [4.69, 9.17) is 5.73 Å². The molecule has 0 amide bonds. The van der Waals surface area contributed by atoms with Gasteiger partial charge in [0, 0.05) is 24.8 Å². The maximum Gasteiger partial charge on any atom is 0.0366 e. The molecule has 0 bridgehead atoms. The maximum atomic E-state index is 5.87. The lowest BCUT2D eigenvalue weighted by molar-refractivity contribution is 0.400. The van der Waals surface area contributed by atoms with Gasteiger partial charge in [0.05, 0.1) is 0 Å². The van der Waals surface area contributed by atoms with Gasteiger partial charge in [0.15, 0.2) is 0 Å². The molecule has 0 radical (unpaired) electrons. The molecule has 0 spiro atoms. The Morgan fingerprint density at radius 1 is 1.11 bits per heavy atom. The van der Waals surface area contributed by atoms with Crippen molar-refractivity contribution in [1.82, 2.24) is 4.90 Å². The highest BCUT2D eigenvalue weighted by Gasteiger charge is 2.05. The van der Waals surface area contributed by atoms with Crippen LogP contribution >= 0.6 is 0 Å². The highest BCUT2D eigenvalue weighted by Crippen LogP contribution is 2.18. The highest BCUT2D eigenvalue weighted by atomic mass is 15.1. The summed E-state index contributed by atoms with van der Waals surface area (Å²) in [5.74, 6) is 0. The molecule has 0 saturated heterocycles. The summed E-state index contributed by atoms with van der Waals surface area (Å²) in [4.78, 5) is 4.64. The fourth-order valence-corrected chi connectivity index (χ4v) is 2.04. The van der Waals surface area contributed by atoms with Crippen molar-refractivity contribution in [3.05, 3.63) is 29.8 Å². The molecule has 3 heteroatoms. The Balaban J connectivity index is 2.58. The summed E-state index contributed by atoms with van der Waals surface area (Å²) in [6.07, 6.45) is 1.19. The molecule has 1 atom stereocenters. The normalized spacial score (nSPS) is 12.8. The molecule has 0 saturated carbocycles. The van der Waals surface area contributed by atoms with Gasteiger partial charge in [0.2, 0.25) is 0 Å². The minimum atomic E-state index is 0.114. The van der Waals surface area contributed by atoms with Crippen LogP contribution in [0.1, 0.15) is 31.9 Å². The Kier molecular flexibility index (Phi) is 6.16. The molecule has 102 valence electrons. The molecule has 0 aliphatic carbocycles. The number of hydrogen-bond donors (Lipinski definition) is 1. The third-order valence-corrected chi connectivity index (χ3v) is 3.20. The number of anilines is 1. The van der Waals surface area contributed by atoms with Crippen molar-refractivity contribution >= 4 is 5.69 Å². The second kappa shape index (κ2) is 7.39. The van der Waals surface area contributed by atoms with Gasteiger partial charge in [0.1, 0.15) is 0 Å². The number of benzene rings is 1. The molecule has 3 nitrogen and oxygen atoms in total. The lowest BCUT2D eigenvalue weighted by Gasteiger charge is -2.24. The van der Waals surface area contributed by atoms with Gasteiger partial charge < -0.3 is 15.5 Å². The van der Waals surface area contributed by atoms with Crippen LogP contribution in [-0.4, -0.2) is 38.6 Å². The highest BCUT2D eigenvalue weighted by molar-refractivity contribution is 5.47. The van der Waals surface area contributed by atoms with E-state index in [0.717, 1.165) is 19.6 Å². The first-order valence-corrected chi connectivity index (χ1v) is 6.79. The molecule has 0 aromatic heterocycles. The number of hydrogen-bond acceptors (Lipinski definition) is 3. The van der Waals surface area contributed by atoms with Gasteiger partial charge in [-0.15, -0.1) is 0 Å². The predicted octanol–water partition coefficient (Wildman–Crippen LogP) is 2.48. The van der Waals surface area contributed by atoms with Crippen LogP contribution in [0.25, 0.3) is 0 Å². The van der Waals surface area contributed by atoms with Crippen LogP contribution in [0, 0.1) is 0 Å². The average molecular weight is 249 g/mol. The molecule has 18 heavy (non-hydrogen) atoms. The van der Waals surface area contributed by atoms with E-state index in [2.05, 4.69) is 55.1 Å². The zero-order valence-corrected chi connectivity index (χ0v) is 12.2. The molecular weight excluding hydrogens is 222 g/mol. The summed E-state index contributed by atoms with van der Waals surface area (Å²) in [6.45, 7) is 7.50. The number of nitrogens with zero attached hydrogens (tertiary/aromatic N) is 2. The predicted molar refractivity (Wildman–Crippen MR) is 80.1 cm³/mol. The van der Waals surface area contributed by atoms with Gasteiger partial charge in [-0.05, 0) is 58.6 Å². The van der Waals surface area contributed by atoms with E-state index in [1.165, 1.54) is 17.7 Å². The van der Waals surface area contributed by atoms with Gasteiger partial charge in [-0.2, -0.15) is 0 Å². The van der Waals surface area contributed by atoms with E-state index < -0.39 is 0 Å². The molecule has 0 aliphatic heterocycles. The van der Waals surface area contributed by atoms with Crippen molar-refractivity contribution in [2.24, 2.45) is 5.73 Å². The van der Waals surface area contributed by atoms with Crippen LogP contribution in [-0.2, 0) is 0 Å². The van der Waals surface area contributed by atoms with E-state index in [-0.39, 0.29) is 6.04 Å². The molecule has 1 rings (SSSR count). The summed E-state index contributed by atoms with van der Waals surface area (Å²) < 4.78 is 0. The Bertz CT molecular complexity index is 330. The van der Waals surface area contributed by atoms with E-state index in [1.54, 1.807) is 0 Å². The Morgan fingerprint density at radius 3 is 2.17 bits per heavy atom. The lowest BCUT2D eigenvalue weighted by atomic mass is 10.1. The lowest BCUT2D eigenvalue weighted by Crippen LogP contribution is -2.27. The monoisotopic (exact) mass is 249 g/mol. The van der Waals surface area contributed by atoms with Gasteiger partial charge >= 0.3 is 0 Å². The maximum absolute atomic E-state index is 5.87. The summed E-state index contributed by atoms with van der Waals surface area (Å²) in [5.41, 5.74) is 8.36. The largest absolute Gasteiger partial charge is 0.372 e. The first-order chi connectivity index (χ1) is 8.54. The number of rotatable bonds is 7. The molecule has 0 fully saturated rings. The zero-order chi connectivity index (χ0) is 13.5. The second-order valence-electron chi connectivity index (χ2n) is 5.12. The summed E-state index contributed by atoms with van der Waals surface area (Å²) in [6, 6.07) is 8.74. The van der Waals surface area contributed by atoms with Gasteiger partial charge in [-0.3, -0.25) is 0 Å². The fourth-order valence-electron chi connectivity index (χ4n) is 2.04. The smallest absolute Gasteiger partial charge is 0.0366 e. The Hall–Kier alpha value is -1.06. The van der Waals surface area contributed by atoms with E-state index in [9.17, 15) is 0 Å². The van der Waals surface area contributed by atoms with Crippen molar-refractivity contribution in [3.8, 4) is 0 Å². The quantitative estimate of drug-likeness (QED) is 0.806. The molecule has 1 aromatic carbocycles. The van der Waals surface area contributed by atoms with Crippen LogP contribution < -0.4 is 10.6 Å². The first kappa shape index (κ1) is 15.0. The van der Waals surface area contributed by atoms with Gasteiger partial charge in [-0.25, -0.2) is 0 Å². The van der Waals surface area contributed by atoms with Crippen molar-refractivity contribution in [1.29, 1.82) is 0 Å². The Labute approximate surface area is 112 Å². The topological polar surface area (TPSA) is 32.5 Å². The van der Waals surface area contributed by atoms with Crippen molar-refractivity contribution in [2.75, 3.05) is 38.6 Å². The van der Waals surface area contributed by atoms with Crippen LogP contribution in [0.2, 0.25) is 0 Å². The van der Waals surface area contributed by atoms with E-state index in [0.29, 0.717) is 0 Å². The van der Waals surface area contributed by atoms with Gasteiger partial charge in [0.25, 0.3) is 0 Å². The molecule has 0 aliphatic rings. The van der Waals surface area contributed by atoms with Crippen LogP contribution in [0.4, 0.5) is 5.69 Å². The standard InChI is InChI=1S/C15H27N3/c1-5-18(12-6-11-17(3)4)15-9-7-14(8-10-15)13(2)16/h7-10,13H,5-6,11-12,16H2,1-4H3/t13-/m1/s1. The van der Waals surface area contributed by atoms with Crippen molar-refractivity contribution in [3.63, 3.8) is 0 Å². The third kappa shape index (κ3) is 4.67. The minimum absolute atomic E-state index is 0.114. The van der Waals surface area contributed by atoms with E-state index in [1.807, 2.05) is 6.92 Å². The number of nitrogens with two attached hydrogens (primary N) is 1. The van der Waals surface area contributed by atoms with Gasteiger partial charge in [-0.1, -0.05) is 12.1 Å². The molecule has 0 heterocycles. The molecular formula is C15H27N3. The van der Waals surface area contributed by atoms with Crippen LogP contribution in [0.3, 0.4) is 0 Å². The zero-order valence-electron chi connectivity index (χ0n) is 12.2. The first-order valence-electron chi connectivity index (χ1n) is 6.79. The minimum Gasteiger partial charge on any atom is -0.372 e. The van der Waals surface area contributed by atoms with Crippen molar-refractivity contribution in [2.45, 2.75) is 26.3 Å². The Morgan fingerprint density at radius 2 is 1.72 bits per heavy atom. The summed E-state index contributed by atoms with van der Waals surface area (Å²) >= 11 is 0. The molecule has 1 aromatic rings. The molecule has 0 unspecified atom stereocenters.